The van der Waals surface area contributed by atoms with Gasteiger partial charge in [-0.2, -0.15) is 0 Å². The molecule has 1 N–H and O–H groups in total. The number of aryl methyl sites for hydroxylation is 2. The number of thioether (sulfide) groups is 1. The van der Waals surface area contributed by atoms with Crippen LogP contribution < -0.4 is 10.1 Å². The summed E-state index contributed by atoms with van der Waals surface area (Å²) in [5.74, 6) is 1.04. The molecule has 0 aliphatic heterocycles. The molecule has 4 rings (SSSR count). The van der Waals surface area contributed by atoms with E-state index in [4.69, 9.17) is 9.47 Å². The standard InChI is InChI=1S/C25H30N4O4S2/c1-4-16-10-12-17(13-11-16)33-14-20-27-28-25(29(20)5-2)34-15-21(30)26-23-22(24(31)32-3)18-8-6-7-9-19(18)35-23/h10-13H,4-9,14-15H2,1-3H3,(H,26,30). The van der Waals surface area contributed by atoms with Gasteiger partial charge in [0.15, 0.2) is 11.0 Å². The van der Waals surface area contributed by atoms with Crippen molar-refractivity contribution in [3.05, 3.63) is 51.7 Å². The van der Waals surface area contributed by atoms with Gasteiger partial charge in [-0.15, -0.1) is 21.5 Å². The summed E-state index contributed by atoms with van der Waals surface area (Å²) < 4.78 is 12.8. The van der Waals surface area contributed by atoms with E-state index in [-0.39, 0.29) is 11.7 Å². The third kappa shape index (κ3) is 5.87. The number of amides is 1. The third-order valence-corrected chi connectivity index (χ3v) is 8.13. The number of thiophene rings is 1. The van der Waals surface area contributed by atoms with Crippen molar-refractivity contribution in [1.82, 2.24) is 14.8 Å². The first-order chi connectivity index (χ1) is 17.0. The lowest BCUT2D eigenvalue weighted by atomic mass is 9.95. The van der Waals surface area contributed by atoms with Crippen molar-refractivity contribution < 1.29 is 19.1 Å². The van der Waals surface area contributed by atoms with E-state index < -0.39 is 5.97 Å². The van der Waals surface area contributed by atoms with Crippen molar-refractivity contribution in [2.75, 3.05) is 18.2 Å². The number of rotatable bonds is 10. The van der Waals surface area contributed by atoms with Crippen LogP contribution in [0.3, 0.4) is 0 Å². The molecule has 0 saturated carbocycles. The van der Waals surface area contributed by atoms with Crippen LogP contribution in [0.2, 0.25) is 0 Å². The molecule has 0 radical (unpaired) electrons. The highest BCUT2D eigenvalue weighted by Gasteiger charge is 2.27. The number of fused-ring (bicyclic) bond motifs is 1. The number of nitrogens with one attached hydrogen (secondary N) is 1. The van der Waals surface area contributed by atoms with Gasteiger partial charge in [0.25, 0.3) is 0 Å². The smallest absolute Gasteiger partial charge is 0.341 e. The lowest BCUT2D eigenvalue weighted by molar-refractivity contribution is -0.113. The largest absolute Gasteiger partial charge is 0.486 e. The van der Waals surface area contributed by atoms with Gasteiger partial charge in [0, 0.05) is 11.4 Å². The average Bonchev–Trinajstić information content (AvgIpc) is 3.46. The summed E-state index contributed by atoms with van der Waals surface area (Å²) >= 11 is 2.79. The minimum atomic E-state index is -0.396. The Morgan fingerprint density at radius 3 is 2.63 bits per heavy atom. The predicted molar refractivity (Wildman–Crippen MR) is 138 cm³/mol. The minimum Gasteiger partial charge on any atom is -0.486 e. The zero-order chi connectivity index (χ0) is 24.8. The van der Waals surface area contributed by atoms with Crippen LogP contribution in [0.1, 0.15) is 58.9 Å². The van der Waals surface area contributed by atoms with E-state index in [1.165, 1.54) is 40.6 Å². The second-order valence-corrected chi connectivity index (χ2v) is 10.2. The van der Waals surface area contributed by atoms with Crippen molar-refractivity contribution in [2.24, 2.45) is 0 Å². The Hall–Kier alpha value is -2.85. The van der Waals surface area contributed by atoms with Crippen molar-refractivity contribution >= 4 is 40.0 Å². The number of aromatic nitrogens is 3. The Labute approximate surface area is 213 Å². The number of hydrogen-bond donors (Lipinski definition) is 1. The van der Waals surface area contributed by atoms with Crippen LogP contribution in [-0.2, 0) is 41.9 Å². The van der Waals surface area contributed by atoms with Crippen LogP contribution in [0.4, 0.5) is 5.00 Å². The van der Waals surface area contributed by atoms with Crippen LogP contribution in [-0.4, -0.2) is 39.5 Å². The maximum atomic E-state index is 12.8. The van der Waals surface area contributed by atoms with Crippen LogP contribution in [0.5, 0.6) is 5.75 Å². The molecule has 0 unspecified atom stereocenters. The highest BCUT2D eigenvalue weighted by atomic mass is 32.2. The molecule has 0 saturated heterocycles. The summed E-state index contributed by atoms with van der Waals surface area (Å²) in [6, 6.07) is 8.01. The van der Waals surface area contributed by atoms with Gasteiger partial charge in [-0.3, -0.25) is 4.79 Å². The lowest BCUT2D eigenvalue weighted by Crippen LogP contribution is -2.17. The molecule has 35 heavy (non-hydrogen) atoms. The second-order valence-electron chi connectivity index (χ2n) is 8.17. The molecule has 2 heterocycles. The van der Waals surface area contributed by atoms with E-state index in [1.54, 1.807) is 0 Å². The molecule has 1 amide bonds. The summed E-state index contributed by atoms with van der Waals surface area (Å²) in [6.45, 7) is 5.08. The van der Waals surface area contributed by atoms with E-state index in [9.17, 15) is 9.59 Å². The maximum absolute atomic E-state index is 12.8. The van der Waals surface area contributed by atoms with E-state index in [0.717, 1.165) is 43.4 Å². The molecule has 1 aliphatic rings. The monoisotopic (exact) mass is 514 g/mol. The highest BCUT2D eigenvalue weighted by Crippen LogP contribution is 2.38. The van der Waals surface area contributed by atoms with Gasteiger partial charge in [-0.1, -0.05) is 30.8 Å². The molecule has 8 nitrogen and oxygen atoms in total. The number of ether oxygens (including phenoxy) is 2. The fourth-order valence-corrected chi connectivity index (χ4v) is 6.20. The van der Waals surface area contributed by atoms with Gasteiger partial charge < -0.3 is 19.4 Å². The van der Waals surface area contributed by atoms with Gasteiger partial charge in [-0.25, -0.2) is 4.79 Å². The second kappa shape index (κ2) is 11.7. The number of nitrogens with zero attached hydrogens (tertiary/aromatic N) is 3. The first-order valence-corrected chi connectivity index (χ1v) is 13.6. The summed E-state index contributed by atoms with van der Waals surface area (Å²) in [5, 5.41) is 12.7. The van der Waals surface area contributed by atoms with Gasteiger partial charge in [-0.05, 0) is 62.3 Å². The van der Waals surface area contributed by atoms with E-state index in [1.807, 2.05) is 23.6 Å². The van der Waals surface area contributed by atoms with Gasteiger partial charge >= 0.3 is 5.97 Å². The van der Waals surface area contributed by atoms with Crippen molar-refractivity contribution in [3.8, 4) is 5.75 Å². The first kappa shape index (κ1) is 25.2. The number of methoxy groups -OCH3 is 1. The fraction of sp³-hybridized carbons (Fsp3) is 0.440. The minimum absolute atomic E-state index is 0.153. The van der Waals surface area contributed by atoms with E-state index in [0.29, 0.717) is 34.7 Å². The lowest BCUT2D eigenvalue weighted by Gasteiger charge is -2.11. The van der Waals surface area contributed by atoms with Crippen LogP contribution in [0.25, 0.3) is 0 Å². The van der Waals surface area contributed by atoms with E-state index >= 15 is 0 Å². The average molecular weight is 515 g/mol. The number of esters is 1. The number of hydrogen-bond acceptors (Lipinski definition) is 8. The molecule has 0 spiro atoms. The quantitative estimate of drug-likeness (QED) is 0.304. The number of anilines is 1. The number of benzene rings is 1. The molecule has 1 aliphatic carbocycles. The van der Waals surface area contributed by atoms with E-state index in [2.05, 4.69) is 34.6 Å². The Bertz CT molecular complexity index is 1190. The van der Waals surface area contributed by atoms with Gasteiger partial charge in [0.05, 0.1) is 18.4 Å². The van der Waals surface area contributed by atoms with Crippen LogP contribution in [0.15, 0.2) is 29.4 Å². The molecule has 2 aromatic heterocycles. The van der Waals surface area contributed by atoms with Gasteiger partial charge in [0.2, 0.25) is 5.91 Å². The molecule has 0 fully saturated rings. The third-order valence-electron chi connectivity index (χ3n) is 5.96. The molecule has 3 aromatic rings. The summed E-state index contributed by atoms with van der Waals surface area (Å²) in [5.41, 5.74) is 2.79. The normalized spacial score (nSPS) is 12.8. The SMILES string of the molecule is CCc1ccc(OCc2nnc(SCC(=O)Nc3sc4c(c3C(=O)OC)CCCC4)n2CC)cc1. The predicted octanol–water partition coefficient (Wildman–Crippen LogP) is 4.90. The first-order valence-electron chi connectivity index (χ1n) is 11.8. The van der Waals surface area contributed by atoms with Crippen LogP contribution >= 0.6 is 23.1 Å². The Balaban J connectivity index is 1.38. The van der Waals surface area contributed by atoms with Crippen molar-refractivity contribution in [2.45, 2.75) is 64.3 Å². The van der Waals surface area contributed by atoms with Crippen LogP contribution in [0, 0.1) is 0 Å². The molecule has 1 aromatic carbocycles. The zero-order valence-corrected chi connectivity index (χ0v) is 21.9. The zero-order valence-electron chi connectivity index (χ0n) is 20.3. The Kier molecular flexibility index (Phi) is 8.46. The molecular weight excluding hydrogens is 484 g/mol. The van der Waals surface area contributed by atoms with Gasteiger partial charge in [0.1, 0.15) is 17.4 Å². The number of carbonyl (C=O) groups is 2. The summed E-state index contributed by atoms with van der Waals surface area (Å²) in [7, 11) is 1.37. The molecule has 0 atom stereocenters. The highest BCUT2D eigenvalue weighted by molar-refractivity contribution is 7.99. The maximum Gasteiger partial charge on any atom is 0.341 e. The summed E-state index contributed by atoms with van der Waals surface area (Å²) in [6.07, 6.45) is 4.90. The van der Waals surface area contributed by atoms with Crippen molar-refractivity contribution in [1.29, 1.82) is 0 Å². The molecular formula is C25H30N4O4S2. The Morgan fingerprint density at radius 2 is 1.91 bits per heavy atom. The summed E-state index contributed by atoms with van der Waals surface area (Å²) in [4.78, 5) is 26.3. The fourth-order valence-electron chi connectivity index (χ4n) is 4.08. The molecule has 0 bridgehead atoms. The van der Waals surface area contributed by atoms with Crippen molar-refractivity contribution in [3.63, 3.8) is 0 Å². The molecule has 10 heteroatoms. The molecule has 186 valence electrons. The topological polar surface area (TPSA) is 95.3 Å². The number of carbonyl (C=O) groups excluding carboxylic acids is 2. The Morgan fingerprint density at radius 1 is 1.14 bits per heavy atom.